The topological polar surface area (TPSA) is 80.6 Å². The molecule has 6 nitrogen and oxygen atoms in total. The standard InChI is InChI=1S/C20H21FN2O4S.ClH/c1-13-3-2-4-16(9-13)28(24,25)23-15-10-14-6-8-26-20(14)19(11-15)27-18-5-7-22-12-17(18)21;/h2-4,6,8-11,17-18,22-23H,5,7,12H2,1H3;1H/t17-,18-;/m1./s1. The second-order valence-electron chi connectivity index (χ2n) is 6.90. The van der Waals surface area contributed by atoms with Crippen molar-refractivity contribution < 1.29 is 22.0 Å². The Balaban J connectivity index is 0.00000240. The fourth-order valence-electron chi connectivity index (χ4n) is 3.28. The molecule has 0 radical (unpaired) electrons. The van der Waals surface area contributed by atoms with Gasteiger partial charge in [-0.1, -0.05) is 12.1 Å². The van der Waals surface area contributed by atoms with Crippen molar-refractivity contribution in [2.75, 3.05) is 17.8 Å². The molecule has 0 spiro atoms. The molecule has 0 saturated carbocycles. The van der Waals surface area contributed by atoms with Crippen LogP contribution in [0.15, 0.2) is 58.0 Å². The van der Waals surface area contributed by atoms with E-state index in [4.69, 9.17) is 9.15 Å². The Morgan fingerprint density at radius 1 is 1.24 bits per heavy atom. The second-order valence-corrected chi connectivity index (χ2v) is 8.58. The average Bonchev–Trinajstić information content (AvgIpc) is 3.12. The zero-order chi connectivity index (χ0) is 19.7. The van der Waals surface area contributed by atoms with E-state index in [1.807, 2.05) is 13.0 Å². The summed E-state index contributed by atoms with van der Waals surface area (Å²) >= 11 is 0. The number of rotatable bonds is 5. The first kappa shape index (κ1) is 21.4. The molecule has 2 atom stereocenters. The van der Waals surface area contributed by atoms with Crippen molar-refractivity contribution in [3.05, 3.63) is 54.3 Å². The van der Waals surface area contributed by atoms with Crippen molar-refractivity contribution in [1.82, 2.24) is 5.32 Å². The highest BCUT2D eigenvalue weighted by Crippen LogP contribution is 2.33. The molecule has 1 aliphatic heterocycles. The van der Waals surface area contributed by atoms with Crippen LogP contribution in [0.3, 0.4) is 0 Å². The molecule has 1 aliphatic rings. The summed E-state index contributed by atoms with van der Waals surface area (Å²) in [5.41, 5.74) is 1.64. The van der Waals surface area contributed by atoms with Crippen molar-refractivity contribution in [2.45, 2.75) is 30.5 Å². The Hall–Kier alpha value is -2.29. The third kappa shape index (κ3) is 4.66. The van der Waals surface area contributed by atoms with E-state index in [1.54, 1.807) is 24.3 Å². The summed E-state index contributed by atoms with van der Waals surface area (Å²) in [5, 5.41) is 3.65. The maximum absolute atomic E-state index is 14.2. The van der Waals surface area contributed by atoms with E-state index < -0.39 is 22.3 Å². The van der Waals surface area contributed by atoms with Gasteiger partial charge in [-0.25, -0.2) is 12.8 Å². The van der Waals surface area contributed by atoms with Gasteiger partial charge in [-0.3, -0.25) is 4.72 Å². The summed E-state index contributed by atoms with van der Waals surface area (Å²) in [6.07, 6.45) is 0.249. The van der Waals surface area contributed by atoms with Crippen LogP contribution in [0.25, 0.3) is 11.0 Å². The first-order valence-electron chi connectivity index (χ1n) is 9.04. The van der Waals surface area contributed by atoms with Gasteiger partial charge < -0.3 is 14.5 Å². The fourth-order valence-corrected chi connectivity index (χ4v) is 4.43. The Labute approximate surface area is 174 Å². The minimum absolute atomic E-state index is 0. The molecule has 9 heteroatoms. The molecular formula is C20H22ClFN2O4S. The van der Waals surface area contributed by atoms with Gasteiger partial charge in [-0.15, -0.1) is 12.4 Å². The predicted octanol–water partition coefficient (Wildman–Crippen LogP) is 4.04. The number of hydrogen-bond donors (Lipinski definition) is 2. The lowest BCUT2D eigenvalue weighted by Gasteiger charge is -2.27. The molecule has 156 valence electrons. The highest BCUT2D eigenvalue weighted by molar-refractivity contribution is 7.92. The van der Waals surface area contributed by atoms with E-state index >= 15 is 0 Å². The van der Waals surface area contributed by atoms with Crippen LogP contribution in [0.2, 0.25) is 0 Å². The molecule has 29 heavy (non-hydrogen) atoms. The lowest BCUT2D eigenvalue weighted by molar-refractivity contribution is 0.0736. The Bertz CT molecular complexity index is 1100. The van der Waals surface area contributed by atoms with E-state index in [0.717, 1.165) is 5.56 Å². The second kappa shape index (κ2) is 8.61. The Kier molecular flexibility index (Phi) is 6.36. The van der Waals surface area contributed by atoms with Gasteiger partial charge >= 0.3 is 0 Å². The van der Waals surface area contributed by atoms with Gasteiger partial charge in [0, 0.05) is 18.0 Å². The third-order valence-electron chi connectivity index (χ3n) is 4.70. The fraction of sp³-hybridized carbons (Fsp3) is 0.300. The van der Waals surface area contributed by atoms with Gasteiger partial charge in [0.2, 0.25) is 0 Å². The molecule has 2 aromatic carbocycles. The number of benzene rings is 2. The van der Waals surface area contributed by atoms with Gasteiger partial charge in [0.25, 0.3) is 10.0 Å². The van der Waals surface area contributed by atoms with Gasteiger partial charge in [0.15, 0.2) is 11.3 Å². The van der Waals surface area contributed by atoms with Crippen LogP contribution in [-0.4, -0.2) is 33.8 Å². The van der Waals surface area contributed by atoms with Crippen molar-refractivity contribution in [3.8, 4) is 5.75 Å². The van der Waals surface area contributed by atoms with Crippen LogP contribution in [0, 0.1) is 6.92 Å². The van der Waals surface area contributed by atoms with Gasteiger partial charge in [0.1, 0.15) is 12.3 Å². The number of anilines is 1. The molecule has 2 heterocycles. The SMILES string of the molecule is Cc1cccc(S(=O)(=O)Nc2cc(O[C@@H]3CCNC[C@H]3F)c3occc3c2)c1.Cl. The molecule has 0 bridgehead atoms. The normalized spacial score (nSPS) is 19.5. The number of piperidine rings is 1. The van der Waals surface area contributed by atoms with E-state index in [9.17, 15) is 12.8 Å². The summed E-state index contributed by atoms with van der Waals surface area (Å²) in [7, 11) is -3.77. The monoisotopic (exact) mass is 440 g/mol. The number of sulfonamides is 1. The van der Waals surface area contributed by atoms with Crippen LogP contribution in [-0.2, 0) is 10.0 Å². The van der Waals surface area contributed by atoms with Gasteiger partial charge in [0.05, 0.1) is 16.8 Å². The lowest BCUT2D eigenvalue weighted by atomic mass is 10.1. The zero-order valence-electron chi connectivity index (χ0n) is 15.7. The third-order valence-corrected chi connectivity index (χ3v) is 6.07. The Morgan fingerprint density at radius 3 is 2.83 bits per heavy atom. The summed E-state index contributed by atoms with van der Waals surface area (Å²) in [6.45, 7) is 2.71. The maximum atomic E-state index is 14.2. The molecule has 1 aromatic heterocycles. The van der Waals surface area contributed by atoms with Gasteiger partial charge in [-0.05, 0) is 49.7 Å². The van der Waals surface area contributed by atoms with Crippen molar-refractivity contribution in [1.29, 1.82) is 0 Å². The first-order valence-corrected chi connectivity index (χ1v) is 10.5. The average molecular weight is 441 g/mol. The molecule has 4 rings (SSSR count). The number of furan rings is 1. The van der Waals surface area contributed by atoms with E-state index in [-0.39, 0.29) is 23.8 Å². The molecule has 0 aliphatic carbocycles. The number of ether oxygens (including phenoxy) is 1. The highest BCUT2D eigenvalue weighted by Gasteiger charge is 2.27. The number of fused-ring (bicyclic) bond motifs is 1. The number of nitrogens with one attached hydrogen (secondary N) is 2. The van der Waals surface area contributed by atoms with E-state index in [0.29, 0.717) is 35.4 Å². The molecular weight excluding hydrogens is 419 g/mol. The van der Waals surface area contributed by atoms with Gasteiger partial charge in [-0.2, -0.15) is 0 Å². The zero-order valence-corrected chi connectivity index (χ0v) is 17.4. The molecule has 1 saturated heterocycles. The summed E-state index contributed by atoms with van der Waals surface area (Å²) in [6, 6.07) is 11.6. The lowest BCUT2D eigenvalue weighted by Crippen LogP contribution is -2.44. The van der Waals surface area contributed by atoms with Crippen LogP contribution in [0.1, 0.15) is 12.0 Å². The number of hydrogen-bond acceptors (Lipinski definition) is 5. The molecule has 0 amide bonds. The van der Waals surface area contributed by atoms with E-state index in [1.165, 1.54) is 18.4 Å². The summed E-state index contributed by atoms with van der Waals surface area (Å²) in [4.78, 5) is 0.171. The van der Waals surface area contributed by atoms with Crippen molar-refractivity contribution in [2.24, 2.45) is 0 Å². The van der Waals surface area contributed by atoms with Crippen LogP contribution in [0.4, 0.5) is 10.1 Å². The number of halogens is 2. The van der Waals surface area contributed by atoms with Crippen LogP contribution < -0.4 is 14.8 Å². The quantitative estimate of drug-likeness (QED) is 0.625. The molecule has 3 aromatic rings. The van der Waals surface area contributed by atoms with Crippen molar-refractivity contribution in [3.63, 3.8) is 0 Å². The largest absolute Gasteiger partial charge is 0.483 e. The minimum Gasteiger partial charge on any atom is -0.483 e. The molecule has 2 N–H and O–H groups in total. The number of alkyl halides is 1. The molecule has 0 unspecified atom stereocenters. The maximum Gasteiger partial charge on any atom is 0.261 e. The summed E-state index contributed by atoms with van der Waals surface area (Å²) in [5.74, 6) is 0.319. The van der Waals surface area contributed by atoms with E-state index in [2.05, 4.69) is 10.0 Å². The number of aryl methyl sites for hydroxylation is 1. The predicted molar refractivity (Wildman–Crippen MR) is 112 cm³/mol. The minimum atomic E-state index is -3.77. The smallest absolute Gasteiger partial charge is 0.261 e. The van der Waals surface area contributed by atoms with Crippen LogP contribution in [0.5, 0.6) is 5.75 Å². The molecule has 1 fully saturated rings. The highest BCUT2D eigenvalue weighted by atomic mass is 35.5. The summed E-state index contributed by atoms with van der Waals surface area (Å²) < 4.78 is 53.6. The Morgan fingerprint density at radius 2 is 2.07 bits per heavy atom. The van der Waals surface area contributed by atoms with Crippen LogP contribution >= 0.6 is 12.4 Å². The van der Waals surface area contributed by atoms with Crippen molar-refractivity contribution >= 4 is 39.1 Å². The first-order chi connectivity index (χ1) is 13.4.